The van der Waals surface area contributed by atoms with Crippen molar-refractivity contribution < 1.29 is 9.47 Å². The first-order valence-electron chi connectivity index (χ1n) is 6.90. The highest BCUT2D eigenvalue weighted by molar-refractivity contribution is 6.62. The molecule has 2 aliphatic rings. The van der Waals surface area contributed by atoms with E-state index >= 15 is 0 Å². The van der Waals surface area contributed by atoms with Gasteiger partial charge in [-0.25, -0.2) is 0 Å². The molecule has 3 heteroatoms. The van der Waals surface area contributed by atoms with Crippen LogP contribution in [0, 0.1) is 0 Å². The van der Waals surface area contributed by atoms with E-state index in [1.165, 1.54) is 44.8 Å². The lowest BCUT2D eigenvalue weighted by Gasteiger charge is -2.41. The van der Waals surface area contributed by atoms with Crippen molar-refractivity contribution in [2.45, 2.75) is 69.2 Å². The summed E-state index contributed by atoms with van der Waals surface area (Å²) in [5.41, 5.74) is 0. The van der Waals surface area contributed by atoms with Gasteiger partial charge in [-0.15, -0.1) is 0 Å². The van der Waals surface area contributed by atoms with Gasteiger partial charge < -0.3 is 9.47 Å². The van der Waals surface area contributed by atoms with Gasteiger partial charge in [0.15, 0.2) is 6.29 Å². The third kappa shape index (κ3) is 2.81. The van der Waals surface area contributed by atoms with E-state index in [1.54, 1.807) is 14.2 Å². The third-order valence-corrected chi connectivity index (χ3v) is 4.77. The van der Waals surface area contributed by atoms with Crippen LogP contribution in [0.15, 0.2) is 0 Å². The number of ether oxygens (including phenoxy) is 2. The fourth-order valence-corrected chi connectivity index (χ4v) is 3.95. The summed E-state index contributed by atoms with van der Waals surface area (Å²) in [6, 6.07) is 0. The zero-order chi connectivity index (χ0) is 11.4. The van der Waals surface area contributed by atoms with Crippen molar-refractivity contribution >= 4 is 6.71 Å². The van der Waals surface area contributed by atoms with Crippen LogP contribution in [-0.4, -0.2) is 27.2 Å². The molecule has 0 spiro atoms. The van der Waals surface area contributed by atoms with E-state index < -0.39 is 0 Å². The van der Waals surface area contributed by atoms with Gasteiger partial charge in [-0.1, -0.05) is 56.5 Å². The maximum absolute atomic E-state index is 5.29. The molecule has 0 unspecified atom stereocenters. The predicted molar refractivity (Wildman–Crippen MR) is 68.2 cm³/mol. The van der Waals surface area contributed by atoms with Crippen molar-refractivity contribution in [1.82, 2.24) is 0 Å². The van der Waals surface area contributed by atoms with Gasteiger partial charge in [0.25, 0.3) is 0 Å². The Labute approximate surface area is 100 Å². The number of fused-ring (bicyclic) bond motifs is 2. The van der Waals surface area contributed by atoms with Crippen molar-refractivity contribution in [3.05, 3.63) is 0 Å². The average Bonchev–Trinajstić information content (AvgIpc) is 2.30. The lowest BCUT2D eigenvalue weighted by molar-refractivity contribution is -0.103. The van der Waals surface area contributed by atoms with Gasteiger partial charge in [-0.2, -0.15) is 0 Å². The zero-order valence-corrected chi connectivity index (χ0v) is 10.8. The Morgan fingerprint density at radius 3 is 1.94 bits per heavy atom. The molecule has 0 amide bonds. The molecule has 0 N–H and O–H groups in total. The Bertz CT molecular complexity index is 184. The highest BCUT2D eigenvalue weighted by Crippen LogP contribution is 2.48. The smallest absolute Gasteiger partial charge is 0.156 e. The van der Waals surface area contributed by atoms with Crippen LogP contribution < -0.4 is 0 Å². The molecule has 2 bridgehead atoms. The summed E-state index contributed by atoms with van der Waals surface area (Å²) in [5, 5.41) is 0. The van der Waals surface area contributed by atoms with Crippen molar-refractivity contribution in [2.24, 2.45) is 0 Å². The average molecular weight is 224 g/mol. The standard InChI is InChI=1S/C13H25BO2/c1-15-13(16-2)9-10-14-11-5-3-6-12(14)8-4-7-11/h11-13H,3-10H2,1-2H3. The number of rotatable bonds is 5. The molecule has 2 rings (SSSR count). The minimum absolute atomic E-state index is 0.0163. The monoisotopic (exact) mass is 224 g/mol. The fraction of sp³-hybridized carbons (Fsp3) is 1.00. The summed E-state index contributed by atoms with van der Waals surface area (Å²) < 4.78 is 10.6. The van der Waals surface area contributed by atoms with Crippen molar-refractivity contribution in [1.29, 1.82) is 0 Å². The van der Waals surface area contributed by atoms with Gasteiger partial charge in [-0.3, -0.25) is 0 Å². The van der Waals surface area contributed by atoms with Crippen LogP contribution in [0.4, 0.5) is 0 Å². The largest absolute Gasteiger partial charge is 0.356 e. The van der Waals surface area contributed by atoms with Gasteiger partial charge in [0.1, 0.15) is 6.71 Å². The maximum Gasteiger partial charge on any atom is 0.156 e. The first-order chi connectivity index (χ1) is 7.85. The predicted octanol–water partition coefficient (Wildman–Crippen LogP) is 3.60. The van der Waals surface area contributed by atoms with E-state index in [0.29, 0.717) is 0 Å². The van der Waals surface area contributed by atoms with Gasteiger partial charge in [0.2, 0.25) is 0 Å². The molecule has 2 heterocycles. The first kappa shape index (κ1) is 12.4. The highest BCUT2D eigenvalue weighted by atomic mass is 16.7. The molecule has 0 atom stereocenters. The van der Waals surface area contributed by atoms with E-state index in [-0.39, 0.29) is 6.29 Å². The summed E-state index contributed by atoms with van der Waals surface area (Å²) >= 11 is 0. The summed E-state index contributed by atoms with van der Waals surface area (Å²) in [6.45, 7) is 0.968. The molecular formula is C13H25BO2. The molecule has 16 heavy (non-hydrogen) atoms. The normalized spacial score (nSPS) is 29.8. The fourth-order valence-electron chi connectivity index (χ4n) is 3.95. The molecule has 0 radical (unpaired) electrons. The van der Waals surface area contributed by atoms with Gasteiger partial charge in [0.05, 0.1) is 0 Å². The molecule has 0 aromatic rings. The van der Waals surface area contributed by atoms with Crippen molar-refractivity contribution in [2.75, 3.05) is 14.2 Å². The van der Waals surface area contributed by atoms with E-state index in [4.69, 9.17) is 9.47 Å². The molecule has 2 fully saturated rings. The second kappa shape index (κ2) is 6.06. The second-order valence-electron chi connectivity index (χ2n) is 5.52. The Balaban J connectivity index is 1.83. The summed E-state index contributed by atoms with van der Waals surface area (Å²) in [7, 11) is 3.49. The zero-order valence-electron chi connectivity index (χ0n) is 10.8. The molecule has 2 aliphatic heterocycles. The van der Waals surface area contributed by atoms with Crippen molar-refractivity contribution in [3.8, 4) is 0 Å². The Hall–Kier alpha value is -0.0151. The lowest BCUT2D eigenvalue weighted by Crippen LogP contribution is -2.35. The molecule has 2 nitrogen and oxygen atoms in total. The third-order valence-electron chi connectivity index (χ3n) is 4.77. The van der Waals surface area contributed by atoms with Gasteiger partial charge in [-0.05, 0) is 6.42 Å². The van der Waals surface area contributed by atoms with Crippen LogP contribution in [0.5, 0.6) is 0 Å². The SMILES string of the molecule is COC(CCB1C2CCCC1CCC2)OC. The summed E-state index contributed by atoms with van der Waals surface area (Å²) in [4.78, 5) is 0. The van der Waals surface area contributed by atoms with Gasteiger partial charge in [0, 0.05) is 14.2 Å². The van der Waals surface area contributed by atoms with Crippen molar-refractivity contribution in [3.63, 3.8) is 0 Å². The minimum Gasteiger partial charge on any atom is -0.356 e. The quantitative estimate of drug-likeness (QED) is 0.524. The van der Waals surface area contributed by atoms with Crippen LogP contribution in [0.2, 0.25) is 18.0 Å². The van der Waals surface area contributed by atoms with Crippen LogP contribution in [-0.2, 0) is 9.47 Å². The highest BCUT2D eigenvalue weighted by Gasteiger charge is 2.38. The summed E-state index contributed by atoms with van der Waals surface area (Å²) in [6.07, 6.45) is 11.3. The minimum atomic E-state index is 0.0163. The number of hydrogen-bond acceptors (Lipinski definition) is 2. The van der Waals surface area contributed by atoms with Crippen LogP contribution >= 0.6 is 0 Å². The van der Waals surface area contributed by atoms with E-state index in [1.807, 2.05) is 0 Å². The molecule has 0 aromatic carbocycles. The summed E-state index contributed by atoms with van der Waals surface area (Å²) in [5.74, 6) is 2.03. The molecule has 2 saturated heterocycles. The lowest BCUT2D eigenvalue weighted by atomic mass is 9.26. The Morgan fingerprint density at radius 1 is 1.00 bits per heavy atom. The molecule has 92 valence electrons. The molecule has 0 aromatic heterocycles. The maximum atomic E-state index is 5.29. The van der Waals surface area contributed by atoms with Crippen LogP contribution in [0.3, 0.4) is 0 Å². The number of hydrogen-bond donors (Lipinski definition) is 0. The first-order valence-corrected chi connectivity index (χ1v) is 6.90. The molecule has 0 aliphatic carbocycles. The molecule has 0 saturated carbocycles. The van der Waals surface area contributed by atoms with Gasteiger partial charge >= 0.3 is 0 Å². The van der Waals surface area contributed by atoms with E-state index in [2.05, 4.69) is 0 Å². The van der Waals surface area contributed by atoms with Crippen LogP contribution in [0.1, 0.15) is 44.9 Å². The Morgan fingerprint density at radius 2 is 1.50 bits per heavy atom. The second-order valence-corrected chi connectivity index (χ2v) is 5.52. The topological polar surface area (TPSA) is 18.5 Å². The molecular weight excluding hydrogens is 199 g/mol. The number of methoxy groups -OCH3 is 2. The van der Waals surface area contributed by atoms with E-state index in [9.17, 15) is 0 Å². The van der Waals surface area contributed by atoms with E-state index in [0.717, 1.165) is 24.8 Å². The Kier molecular flexibility index (Phi) is 4.72. The van der Waals surface area contributed by atoms with Crippen LogP contribution in [0.25, 0.3) is 0 Å².